The van der Waals surface area contributed by atoms with Crippen LogP contribution in [0.2, 0.25) is 0 Å². The van der Waals surface area contributed by atoms with Gasteiger partial charge in [-0.15, -0.1) is 0 Å². The molecule has 0 spiro atoms. The summed E-state index contributed by atoms with van der Waals surface area (Å²) in [6.45, 7) is 8.31. The number of carbonyl (C=O) groups is 3. The molecule has 3 rings (SSSR count). The third kappa shape index (κ3) is 24.8. The highest BCUT2D eigenvalue weighted by atomic mass is 16.5. The number of carboxylic acids is 1. The monoisotopic (exact) mass is 915 g/mol. The van der Waals surface area contributed by atoms with Crippen LogP contribution in [0.1, 0.15) is 244 Å². The van der Waals surface area contributed by atoms with Crippen LogP contribution >= 0.6 is 0 Å². The molecule has 0 aliphatic heterocycles. The Kier molecular flexibility index (Phi) is 30.9. The summed E-state index contributed by atoms with van der Waals surface area (Å²) in [5, 5.41) is 9.16. The number of aromatic carboxylic acids is 1. The summed E-state index contributed by atoms with van der Waals surface area (Å²) in [6, 6.07) is 15.1. The summed E-state index contributed by atoms with van der Waals surface area (Å²) in [7, 11) is 0. The first-order valence-corrected chi connectivity index (χ1v) is 26.3. The largest absolute Gasteiger partial charge is 0.490 e. The van der Waals surface area contributed by atoms with E-state index in [0.717, 1.165) is 38.5 Å². The van der Waals surface area contributed by atoms with Crippen LogP contribution in [0.5, 0.6) is 28.7 Å². The quantitative estimate of drug-likeness (QED) is 0.0337. The van der Waals surface area contributed by atoms with Crippen molar-refractivity contribution in [1.29, 1.82) is 0 Å². The van der Waals surface area contributed by atoms with Gasteiger partial charge in [0.25, 0.3) is 0 Å². The second-order valence-electron chi connectivity index (χ2n) is 18.0. The third-order valence-electron chi connectivity index (χ3n) is 12.1. The van der Waals surface area contributed by atoms with E-state index in [-0.39, 0.29) is 28.2 Å². The molecule has 0 atom stereocenters. The molecule has 66 heavy (non-hydrogen) atoms. The lowest BCUT2D eigenvalue weighted by Crippen LogP contribution is -2.12. The topological polar surface area (TPSA) is 118 Å². The molecular formula is C57H86O9. The normalized spacial score (nSPS) is 11.1. The van der Waals surface area contributed by atoms with Gasteiger partial charge in [0, 0.05) is 0 Å². The van der Waals surface area contributed by atoms with Crippen molar-refractivity contribution in [2.75, 3.05) is 19.8 Å². The molecule has 0 fully saturated rings. The second-order valence-corrected chi connectivity index (χ2v) is 18.0. The number of hydrogen-bond donors (Lipinski definition) is 1. The maximum atomic E-state index is 13.8. The van der Waals surface area contributed by atoms with Crippen molar-refractivity contribution in [3.8, 4) is 28.7 Å². The Bertz CT molecular complexity index is 1670. The Hall–Kier alpha value is -4.53. The van der Waals surface area contributed by atoms with Crippen molar-refractivity contribution < 1.29 is 43.2 Å². The highest BCUT2D eigenvalue weighted by Gasteiger charge is 2.21. The lowest BCUT2D eigenvalue weighted by molar-refractivity contribution is 0.0694. The fourth-order valence-corrected chi connectivity index (χ4v) is 8.01. The standard InChI is InChI=1S/C57H86O9/c1-4-7-10-13-16-19-22-25-28-31-42-62-52-45-49(57(61)66-51-40-36-48(37-41-51)56(60)65-50-38-34-47(35-39-50)55(58)59)46-53(63-43-32-29-26-23-20-17-14-11-8-5-2)54(52)64-44-33-30-27-24-21-18-15-12-9-6-3/h34-41,45-46H,4-33,42-44H2,1-3H3,(H,58,59). The van der Waals surface area contributed by atoms with Crippen molar-refractivity contribution in [2.45, 2.75) is 213 Å². The zero-order valence-electron chi connectivity index (χ0n) is 41.3. The van der Waals surface area contributed by atoms with Crippen LogP contribution in [-0.4, -0.2) is 42.8 Å². The fourth-order valence-electron chi connectivity index (χ4n) is 8.01. The summed E-state index contributed by atoms with van der Waals surface area (Å²) in [6.07, 6.45) is 36.9. The van der Waals surface area contributed by atoms with Crippen LogP contribution in [-0.2, 0) is 0 Å². The van der Waals surface area contributed by atoms with Gasteiger partial charge < -0.3 is 28.8 Å². The predicted molar refractivity (Wildman–Crippen MR) is 268 cm³/mol. The summed E-state index contributed by atoms with van der Waals surface area (Å²) >= 11 is 0. The molecule has 0 radical (unpaired) electrons. The van der Waals surface area contributed by atoms with Crippen molar-refractivity contribution in [1.82, 2.24) is 0 Å². The number of hydrogen-bond acceptors (Lipinski definition) is 8. The number of esters is 2. The average Bonchev–Trinajstić information content (AvgIpc) is 3.32. The lowest BCUT2D eigenvalue weighted by Gasteiger charge is -2.19. The van der Waals surface area contributed by atoms with Crippen LogP contribution in [0.15, 0.2) is 60.7 Å². The second kappa shape index (κ2) is 36.6. The summed E-state index contributed by atoms with van der Waals surface area (Å²) < 4.78 is 30.7. The minimum Gasteiger partial charge on any atom is -0.490 e. The minimum absolute atomic E-state index is 0.0908. The molecule has 0 unspecified atom stereocenters. The van der Waals surface area contributed by atoms with Gasteiger partial charge in [0.15, 0.2) is 11.5 Å². The molecule has 0 amide bonds. The molecule has 0 aliphatic rings. The lowest BCUT2D eigenvalue weighted by atomic mass is 10.1. The number of ether oxygens (including phenoxy) is 5. The molecule has 0 aromatic heterocycles. The van der Waals surface area contributed by atoms with Gasteiger partial charge >= 0.3 is 17.9 Å². The summed E-state index contributed by atoms with van der Waals surface area (Å²) in [5.74, 6) is -0.293. The number of carboxylic acid groups (broad SMARTS) is 1. The van der Waals surface area contributed by atoms with Crippen LogP contribution in [0.4, 0.5) is 0 Å². The molecule has 0 heterocycles. The fraction of sp³-hybridized carbons (Fsp3) is 0.632. The van der Waals surface area contributed by atoms with Crippen molar-refractivity contribution in [2.24, 2.45) is 0 Å². The van der Waals surface area contributed by atoms with E-state index in [1.165, 1.54) is 203 Å². The Morgan fingerprint density at radius 2 is 0.652 bits per heavy atom. The maximum Gasteiger partial charge on any atom is 0.343 e. The minimum atomic E-state index is -1.07. The van der Waals surface area contributed by atoms with Crippen molar-refractivity contribution >= 4 is 17.9 Å². The zero-order chi connectivity index (χ0) is 47.3. The smallest absolute Gasteiger partial charge is 0.343 e. The zero-order valence-corrected chi connectivity index (χ0v) is 41.3. The van der Waals surface area contributed by atoms with E-state index in [9.17, 15) is 14.4 Å². The first-order valence-electron chi connectivity index (χ1n) is 26.3. The van der Waals surface area contributed by atoms with Crippen LogP contribution in [0.25, 0.3) is 0 Å². The van der Waals surface area contributed by atoms with E-state index in [1.807, 2.05) is 0 Å². The number of unbranched alkanes of at least 4 members (excludes halogenated alkanes) is 27. The van der Waals surface area contributed by atoms with Gasteiger partial charge in [-0.05, 0) is 79.9 Å². The van der Waals surface area contributed by atoms with E-state index < -0.39 is 17.9 Å². The Morgan fingerprint density at radius 1 is 0.364 bits per heavy atom. The molecule has 3 aromatic rings. The van der Waals surface area contributed by atoms with Crippen molar-refractivity contribution in [3.05, 3.63) is 77.4 Å². The molecule has 0 bridgehead atoms. The van der Waals surface area contributed by atoms with Gasteiger partial charge in [0.1, 0.15) is 11.5 Å². The van der Waals surface area contributed by atoms with E-state index in [1.54, 1.807) is 12.1 Å². The molecular weight excluding hydrogens is 829 g/mol. The van der Waals surface area contributed by atoms with E-state index >= 15 is 0 Å². The first-order chi connectivity index (χ1) is 32.4. The molecule has 3 aromatic carbocycles. The van der Waals surface area contributed by atoms with E-state index in [4.69, 9.17) is 28.8 Å². The van der Waals surface area contributed by atoms with Crippen LogP contribution in [0, 0.1) is 0 Å². The number of benzene rings is 3. The summed E-state index contributed by atoms with van der Waals surface area (Å²) in [4.78, 5) is 37.9. The number of rotatable bonds is 41. The SMILES string of the molecule is CCCCCCCCCCCCOc1cc(C(=O)Oc2ccc(C(=O)Oc3ccc(C(=O)O)cc3)cc2)cc(OCCCCCCCCCCCC)c1OCCCCCCCCCCCC. The molecule has 0 saturated heterocycles. The predicted octanol–water partition coefficient (Wildman–Crippen LogP) is 16.7. The van der Waals surface area contributed by atoms with E-state index in [0.29, 0.717) is 37.1 Å². The van der Waals surface area contributed by atoms with Gasteiger partial charge in [0.2, 0.25) is 5.75 Å². The molecule has 0 aliphatic carbocycles. The van der Waals surface area contributed by atoms with Gasteiger partial charge in [-0.2, -0.15) is 0 Å². The van der Waals surface area contributed by atoms with Gasteiger partial charge in [0.05, 0.1) is 36.5 Å². The third-order valence-corrected chi connectivity index (χ3v) is 12.1. The van der Waals surface area contributed by atoms with Gasteiger partial charge in [-0.3, -0.25) is 0 Å². The van der Waals surface area contributed by atoms with Gasteiger partial charge in [-0.1, -0.05) is 194 Å². The number of carbonyl (C=O) groups excluding carboxylic acids is 2. The Balaban J connectivity index is 1.70. The highest BCUT2D eigenvalue weighted by Crippen LogP contribution is 2.40. The summed E-state index contributed by atoms with van der Waals surface area (Å²) in [5.41, 5.74) is 0.616. The van der Waals surface area contributed by atoms with Gasteiger partial charge in [-0.25, -0.2) is 14.4 Å². The first kappa shape index (κ1) is 55.8. The average molecular weight is 915 g/mol. The van der Waals surface area contributed by atoms with Crippen LogP contribution < -0.4 is 23.7 Å². The molecule has 0 saturated carbocycles. The highest BCUT2D eigenvalue weighted by molar-refractivity contribution is 5.94. The van der Waals surface area contributed by atoms with Crippen molar-refractivity contribution in [3.63, 3.8) is 0 Å². The Morgan fingerprint density at radius 3 is 0.985 bits per heavy atom. The van der Waals surface area contributed by atoms with Crippen LogP contribution in [0.3, 0.4) is 0 Å². The van der Waals surface area contributed by atoms with E-state index in [2.05, 4.69) is 20.8 Å². The maximum absolute atomic E-state index is 13.8. The molecule has 9 nitrogen and oxygen atoms in total. The molecule has 9 heteroatoms. The Labute approximate surface area is 399 Å². The molecule has 368 valence electrons. The molecule has 1 N–H and O–H groups in total.